The number of ether oxygens (including phenoxy) is 1. The highest BCUT2D eigenvalue weighted by Crippen LogP contribution is 2.38. The van der Waals surface area contributed by atoms with E-state index in [1.165, 1.54) is 6.92 Å². The largest absolute Gasteiger partial charge is 0.462 e. The second-order valence-electron chi connectivity index (χ2n) is 4.26. The molecule has 0 heterocycles. The minimum absolute atomic E-state index is 0.241. The zero-order valence-electron chi connectivity index (χ0n) is 11.1. The summed E-state index contributed by atoms with van der Waals surface area (Å²) in [5.74, 6) is -0.369. The lowest BCUT2D eigenvalue weighted by molar-refractivity contribution is -0.149. The maximum absolute atomic E-state index is 11.8. The molecule has 0 aliphatic heterocycles. The molecule has 0 bridgehead atoms. The van der Waals surface area contributed by atoms with Gasteiger partial charge in [0.2, 0.25) is 0 Å². The van der Waals surface area contributed by atoms with E-state index in [0.717, 1.165) is 0 Å². The van der Waals surface area contributed by atoms with Crippen LogP contribution >= 0.6 is 7.75 Å². The average molecular weight is 287 g/mol. The van der Waals surface area contributed by atoms with Gasteiger partial charge in [0.1, 0.15) is 11.8 Å². The lowest BCUT2D eigenvalue weighted by Gasteiger charge is -2.19. The molecule has 1 rings (SSSR count). The third kappa shape index (κ3) is 5.87. The fourth-order valence-corrected chi connectivity index (χ4v) is 2.34. The lowest BCUT2D eigenvalue weighted by Crippen LogP contribution is -2.35. The van der Waals surface area contributed by atoms with Crippen LogP contribution < -0.4 is 9.61 Å². The summed E-state index contributed by atoms with van der Waals surface area (Å²) in [5, 5.41) is 2.22. The van der Waals surface area contributed by atoms with E-state index in [2.05, 4.69) is 5.09 Å². The number of hydrogen-bond acceptors (Lipinski definition) is 4. The number of carbonyl (C=O) groups excluding carboxylic acids is 1. The van der Waals surface area contributed by atoms with Crippen LogP contribution in [-0.4, -0.2) is 23.0 Å². The van der Waals surface area contributed by atoms with E-state index >= 15 is 0 Å². The SMILES string of the molecule is CC(C)OC(=O)[C@H](C)N[P@](=O)(O)Oc1ccccc1. The molecule has 1 aromatic rings. The Morgan fingerprint density at radius 3 is 2.37 bits per heavy atom. The minimum atomic E-state index is -4.12. The Hall–Kier alpha value is -1.36. The molecule has 19 heavy (non-hydrogen) atoms. The van der Waals surface area contributed by atoms with Crippen LogP contribution in [0.1, 0.15) is 20.8 Å². The monoisotopic (exact) mass is 287 g/mol. The van der Waals surface area contributed by atoms with E-state index in [1.54, 1.807) is 44.2 Å². The van der Waals surface area contributed by atoms with Crippen molar-refractivity contribution in [1.29, 1.82) is 0 Å². The van der Waals surface area contributed by atoms with Crippen molar-refractivity contribution in [2.24, 2.45) is 0 Å². The Kier molecular flexibility index (Phi) is 5.54. The van der Waals surface area contributed by atoms with Crippen molar-refractivity contribution < 1.29 is 23.5 Å². The zero-order valence-corrected chi connectivity index (χ0v) is 12.0. The number of carbonyl (C=O) groups is 1. The van der Waals surface area contributed by atoms with E-state index in [0.29, 0.717) is 0 Å². The molecule has 0 radical (unpaired) electrons. The van der Waals surface area contributed by atoms with Gasteiger partial charge in [0.25, 0.3) is 0 Å². The molecule has 0 aromatic heterocycles. The first-order chi connectivity index (χ1) is 8.80. The van der Waals surface area contributed by atoms with Crippen molar-refractivity contribution in [1.82, 2.24) is 5.09 Å². The smallest absolute Gasteiger partial charge is 0.456 e. The van der Waals surface area contributed by atoms with Gasteiger partial charge < -0.3 is 14.2 Å². The Balaban J connectivity index is 2.59. The quantitative estimate of drug-likeness (QED) is 0.615. The molecule has 106 valence electrons. The number of hydrogen-bond donors (Lipinski definition) is 2. The van der Waals surface area contributed by atoms with E-state index < -0.39 is 19.8 Å². The van der Waals surface area contributed by atoms with Crippen LogP contribution in [0.15, 0.2) is 30.3 Å². The summed E-state index contributed by atoms with van der Waals surface area (Å²) in [7, 11) is -4.12. The molecular weight excluding hydrogens is 269 g/mol. The molecular formula is C12H18NO5P. The highest BCUT2D eigenvalue weighted by Gasteiger charge is 2.28. The van der Waals surface area contributed by atoms with Crippen molar-refractivity contribution in [2.45, 2.75) is 32.9 Å². The first kappa shape index (κ1) is 15.7. The van der Waals surface area contributed by atoms with Gasteiger partial charge in [-0.15, -0.1) is 0 Å². The molecule has 0 unspecified atom stereocenters. The number of rotatable bonds is 6. The van der Waals surface area contributed by atoms with E-state index in [1.807, 2.05) is 0 Å². The molecule has 0 saturated carbocycles. The molecule has 0 aliphatic rings. The van der Waals surface area contributed by atoms with E-state index in [-0.39, 0.29) is 11.9 Å². The summed E-state index contributed by atoms with van der Waals surface area (Å²) in [6.45, 7) is 4.83. The van der Waals surface area contributed by atoms with Gasteiger partial charge in [0.15, 0.2) is 0 Å². The van der Waals surface area contributed by atoms with Crippen molar-refractivity contribution >= 4 is 13.7 Å². The van der Waals surface area contributed by atoms with Crippen molar-refractivity contribution in [3.63, 3.8) is 0 Å². The van der Waals surface area contributed by atoms with Crippen LogP contribution in [0.3, 0.4) is 0 Å². The first-order valence-corrected chi connectivity index (χ1v) is 7.43. The molecule has 0 amide bonds. The predicted octanol–water partition coefficient (Wildman–Crippen LogP) is 2.10. The van der Waals surface area contributed by atoms with Gasteiger partial charge in [-0.2, -0.15) is 5.09 Å². The number of para-hydroxylation sites is 1. The zero-order chi connectivity index (χ0) is 14.5. The topological polar surface area (TPSA) is 84.9 Å². The molecule has 0 aliphatic carbocycles. The van der Waals surface area contributed by atoms with Crippen LogP contribution in [0.2, 0.25) is 0 Å². The van der Waals surface area contributed by atoms with Crippen molar-refractivity contribution in [3.8, 4) is 5.75 Å². The van der Waals surface area contributed by atoms with E-state index in [9.17, 15) is 14.3 Å². The van der Waals surface area contributed by atoms with Crippen LogP contribution in [0, 0.1) is 0 Å². The third-order valence-corrected chi connectivity index (χ3v) is 3.21. The summed E-state index contributed by atoms with van der Waals surface area (Å²) < 4.78 is 21.6. The van der Waals surface area contributed by atoms with Gasteiger partial charge in [0, 0.05) is 0 Å². The van der Waals surface area contributed by atoms with Gasteiger partial charge >= 0.3 is 13.7 Å². The third-order valence-electron chi connectivity index (χ3n) is 2.03. The fourth-order valence-electron chi connectivity index (χ4n) is 1.28. The summed E-state index contributed by atoms with van der Waals surface area (Å²) in [6.07, 6.45) is -0.287. The van der Waals surface area contributed by atoms with Crippen molar-refractivity contribution in [2.75, 3.05) is 0 Å². The highest BCUT2D eigenvalue weighted by atomic mass is 31.2. The second-order valence-corrected chi connectivity index (χ2v) is 5.74. The highest BCUT2D eigenvalue weighted by molar-refractivity contribution is 7.51. The van der Waals surface area contributed by atoms with Crippen molar-refractivity contribution in [3.05, 3.63) is 30.3 Å². The van der Waals surface area contributed by atoms with Gasteiger partial charge in [-0.1, -0.05) is 18.2 Å². The molecule has 7 heteroatoms. The molecule has 0 saturated heterocycles. The minimum Gasteiger partial charge on any atom is -0.462 e. The Labute approximate surface area is 112 Å². The Morgan fingerprint density at radius 1 is 1.26 bits per heavy atom. The summed E-state index contributed by atoms with van der Waals surface area (Å²) in [6, 6.07) is 7.24. The molecule has 0 fully saturated rings. The maximum Gasteiger partial charge on any atom is 0.456 e. The lowest BCUT2D eigenvalue weighted by atomic mass is 10.3. The number of benzene rings is 1. The van der Waals surface area contributed by atoms with Gasteiger partial charge in [-0.05, 0) is 32.9 Å². The standard InChI is InChI=1S/C12H18NO5P/c1-9(2)17-12(14)10(3)13-19(15,16)18-11-7-5-4-6-8-11/h4-10H,1-3H3,(H2,13,15,16)/t10-/m0/s1. The fraction of sp³-hybridized carbons (Fsp3) is 0.417. The van der Waals surface area contributed by atoms with Gasteiger partial charge in [-0.25, -0.2) is 4.57 Å². The van der Waals surface area contributed by atoms with E-state index in [4.69, 9.17) is 9.26 Å². The summed E-state index contributed by atoms with van der Waals surface area (Å²) >= 11 is 0. The molecule has 2 atom stereocenters. The molecule has 2 N–H and O–H groups in total. The number of nitrogens with one attached hydrogen (secondary N) is 1. The first-order valence-electron chi connectivity index (χ1n) is 5.86. The summed E-state index contributed by atoms with van der Waals surface area (Å²) in [5.41, 5.74) is 0. The van der Waals surface area contributed by atoms with Crippen LogP contribution in [0.4, 0.5) is 0 Å². The average Bonchev–Trinajstić information content (AvgIpc) is 2.27. The summed E-state index contributed by atoms with van der Waals surface area (Å²) in [4.78, 5) is 21.1. The normalized spacial score (nSPS) is 15.6. The van der Waals surface area contributed by atoms with Crippen LogP contribution in [0.5, 0.6) is 5.75 Å². The Bertz CT molecular complexity index is 462. The van der Waals surface area contributed by atoms with Gasteiger partial charge in [-0.3, -0.25) is 4.79 Å². The second kappa shape index (κ2) is 6.70. The Morgan fingerprint density at radius 2 is 1.84 bits per heavy atom. The van der Waals surface area contributed by atoms with Gasteiger partial charge in [0.05, 0.1) is 6.10 Å². The molecule has 6 nitrogen and oxygen atoms in total. The maximum atomic E-state index is 11.8. The predicted molar refractivity (Wildman–Crippen MR) is 70.7 cm³/mol. The molecule has 1 aromatic carbocycles. The number of esters is 1. The van der Waals surface area contributed by atoms with Crippen LogP contribution in [-0.2, 0) is 14.1 Å². The van der Waals surface area contributed by atoms with Crippen LogP contribution in [0.25, 0.3) is 0 Å². The molecule has 0 spiro atoms.